The highest BCUT2D eigenvalue weighted by Crippen LogP contribution is 1.88. The minimum Gasteiger partial charge on any atom is -0.245 e. The second kappa shape index (κ2) is 4.82. The number of nitrogens with zero attached hydrogens (tertiary/aromatic N) is 1. The summed E-state index contributed by atoms with van der Waals surface area (Å²) >= 11 is 0. The van der Waals surface area contributed by atoms with Crippen LogP contribution in [0.3, 0.4) is 0 Å². The van der Waals surface area contributed by atoms with Gasteiger partial charge in [-0.05, 0) is 6.42 Å². The summed E-state index contributed by atoms with van der Waals surface area (Å²) in [7, 11) is 4.13. The molecule has 0 radical (unpaired) electrons. The van der Waals surface area contributed by atoms with E-state index < -0.39 is 0 Å². The van der Waals surface area contributed by atoms with Crippen LogP contribution in [0.4, 0.5) is 0 Å². The van der Waals surface area contributed by atoms with Gasteiger partial charge in [-0.3, -0.25) is 0 Å². The van der Waals surface area contributed by atoms with Crippen molar-refractivity contribution >= 4 is 6.21 Å². The third kappa shape index (κ3) is 5.67. The Morgan fingerprint density at radius 1 is 1.38 bits per heavy atom. The van der Waals surface area contributed by atoms with E-state index in [1.54, 1.807) is 0 Å². The van der Waals surface area contributed by atoms with Crippen LogP contribution in [0.25, 0.3) is 0 Å². The Kier molecular flexibility index (Phi) is 4.62. The van der Waals surface area contributed by atoms with Gasteiger partial charge >= 0.3 is 0 Å². The topological polar surface area (TPSA) is 3.01 Å². The molecule has 0 aliphatic heterocycles. The van der Waals surface area contributed by atoms with Crippen molar-refractivity contribution in [2.75, 3.05) is 14.1 Å². The monoisotopic (exact) mass is 116 g/mol. The van der Waals surface area contributed by atoms with Crippen molar-refractivity contribution in [3.05, 3.63) is 0 Å². The standard InChI is InChI=1S/C7H16N/c1-4-5-6-7-8(2)3/h7H,4-6H2,1-3H3/q+1/i1+1,2+1. The lowest BCUT2D eigenvalue weighted by Gasteiger charge is -1.85. The third-order valence-corrected chi connectivity index (χ3v) is 1.05. The van der Waals surface area contributed by atoms with Gasteiger partial charge in [-0.2, -0.15) is 0 Å². The Bertz CT molecular complexity index is 70.5. The molecule has 0 saturated carbocycles. The first-order chi connectivity index (χ1) is 3.77. The second-order valence-corrected chi connectivity index (χ2v) is 2.29. The van der Waals surface area contributed by atoms with Crippen LogP contribution >= 0.6 is 0 Å². The van der Waals surface area contributed by atoms with Gasteiger partial charge in [0, 0.05) is 6.42 Å². The van der Waals surface area contributed by atoms with E-state index in [4.69, 9.17) is 0 Å². The van der Waals surface area contributed by atoms with Crippen molar-refractivity contribution < 1.29 is 4.58 Å². The van der Waals surface area contributed by atoms with E-state index in [-0.39, 0.29) is 0 Å². The number of hydrogen-bond acceptors (Lipinski definition) is 0. The average molecular weight is 116 g/mol. The zero-order valence-electron chi connectivity index (χ0n) is 6.15. The van der Waals surface area contributed by atoms with Crippen LogP contribution in [0.1, 0.15) is 26.2 Å². The van der Waals surface area contributed by atoms with Gasteiger partial charge in [0.05, 0.1) is 0 Å². The molecule has 0 aliphatic rings. The minimum atomic E-state index is 1.23. The second-order valence-electron chi connectivity index (χ2n) is 2.29. The molecular weight excluding hydrogens is 100 g/mol. The minimum absolute atomic E-state index is 1.23. The molecule has 0 bridgehead atoms. The highest BCUT2D eigenvalue weighted by atomic mass is 15.0. The summed E-state index contributed by atoms with van der Waals surface area (Å²) in [6.07, 6.45) is 6.05. The maximum atomic E-state index is 2.21. The Morgan fingerprint density at radius 2 is 2.00 bits per heavy atom. The van der Waals surface area contributed by atoms with Crippen LogP contribution in [0.5, 0.6) is 0 Å². The molecule has 0 aliphatic carbocycles. The van der Waals surface area contributed by atoms with Gasteiger partial charge in [0.15, 0.2) is 0 Å². The molecule has 0 N–H and O–H groups in total. The quantitative estimate of drug-likeness (QED) is 0.227. The number of rotatable bonds is 3. The van der Waals surface area contributed by atoms with Crippen molar-refractivity contribution in [2.45, 2.75) is 26.2 Å². The highest BCUT2D eigenvalue weighted by Gasteiger charge is 1.82. The Balaban J connectivity index is 3.03. The first kappa shape index (κ1) is 7.67. The molecule has 0 unspecified atom stereocenters. The summed E-state index contributed by atoms with van der Waals surface area (Å²) in [5.41, 5.74) is 0. The Labute approximate surface area is 52.0 Å². The molecule has 0 rings (SSSR count). The van der Waals surface area contributed by atoms with Gasteiger partial charge < -0.3 is 0 Å². The SMILES string of the molecule is C[N+]([13CH3])=CCCC[13CH3]. The van der Waals surface area contributed by atoms with E-state index in [9.17, 15) is 0 Å². The van der Waals surface area contributed by atoms with Gasteiger partial charge in [0.1, 0.15) is 20.3 Å². The zero-order chi connectivity index (χ0) is 6.41. The molecular formula is C7H16N+. The van der Waals surface area contributed by atoms with Crippen molar-refractivity contribution in [3.8, 4) is 0 Å². The van der Waals surface area contributed by atoms with E-state index >= 15 is 0 Å². The normalized spacial score (nSPS) is 12.1. The summed E-state index contributed by atoms with van der Waals surface area (Å²) in [6.45, 7) is 2.21. The molecule has 0 aromatic carbocycles. The predicted molar refractivity (Wildman–Crippen MR) is 37.7 cm³/mol. The number of unbranched alkanes of at least 4 members (excludes halogenated alkanes) is 2. The van der Waals surface area contributed by atoms with E-state index in [0.717, 1.165) is 0 Å². The van der Waals surface area contributed by atoms with Crippen molar-refractivity contribution in [1.29, 1.82) is 0 Å². The highest BCUT2D eigenvalue weighted by molar-refractivity contribution is 5.50. The lowest BCUT2D eigenvalue weighted by atomic mass is 10.3. The molecule has 8 heavy (non-hydrogen) atoms. The lowest BCUT2D eigenvalue weighted by Crippen LogP contribution is -1.97. The maximum Gasteiger partial charge on any atom is 0.139 e. The van der Waals surface area contributed by atoms with Gasteiger partial charge in [-0.15, -0.1) is 0 Å². The first-order valence-electron chi connectivity index (χ1n) is 3.27. The van der Waals surface area contributed by atoms with E-state index in [2.05, 4.69) is 31.8 Å². The Hall–Kier alpha value is -0.330. The van der Waals surface area contributed by atoms with Crippen molar-refractivity contribution in [3.63, 3.8) is 0 Å². The lowest BCUT2D eigenvalue weighted by molar-refractivity contribution is -0.460. The summed E-state index contributed by atoms with van der Waals surface area (Å²) in [6, 6.07) is 0. The summed E-state index contributed by atoms with van der Waals surface area (Å²) in [5, 5.41) is 0. The largest absolute Gasteiger partial charge is 0.245 e. The molecule has 0 aromatic rings. The molecule has 0 fully saturated rings. The van der Waals surface area contributed by atoms with Crippen molar-refractivity contribution in [1.82, 2.24) is 0 Å². The van der Waals surface area contributed by atoms with Gasteiger partial charge in [0.25, 0.3) is 0 Å². The molecule has 0 atom stereocenters. The Morgan fingerprint density at radius 3 is 2.38 bits per heavy atom. The van der Waals surface area contributed by atoms with Crippen LogP contribution < -0.4 is 0 Å². The maximum absolute atomic E-state index is 2.21. The fraction of sp³-hybridized carbons (Fsp3) is 0.857. The van der Waals surface area contributed by atoms with Crippen LogP contribution in [0, 0.1) is 0 Å². The fourth-order valence-corrected chi connectivity index (χ4v) is 0.554. The number of hydrogen-bond donors (Lipinski definition) is 0. The molecule has 0 heterocycles. The molecule has 0 spiro atoms. The van der Waals surface area contributed by atoms with Crippen LogP contribution in [0.15, 0.2) is 0 Å². The van der Waals surface area contributed by atoms with Crippen LogP contribution in [0.2, 0.25) is 0 Å². The molecule has 1 nitrogen and oxygen atoms in total. The summed E-state index contributed by atoms with van der Waals surface area (Å²) < 4.78 is 2.11. The van der Waals surface area contributed by atoms with Crippen LogP contribution in [-0.4, -0.2) is 24.9 Å². The van der Waals surface area contributed by atoms with Gasteiger partial charge in [-0.1, -0.05) is 13.3 Å². The molecule has 0 aromatic heterocycles. The van der Waals surface area contributed by atoms with Gasteiger partial charge in [-0.25, -0.2) is 4.58 Å². The average Bonchev–Trinajstić information content (AvgIpc) is 1.66. The van der Waals surface area contributed by atoms with Crippen molar-refractivity contribution in [2.24, 2.45) is 0 Å². The molecule has 1 heteroatoms. The third-order valence-electron chi connectivity index (χ3n) is 1.05. The smallest absolute Gasteiger partial charge is 0.139 e. The van der Waals surface area contributed by atoms with E-state index in [1.165, 1.54) is 19.3 Å². The summed E-state index contributed by atoms with van der Waals surface area (Å²) in [5.74, 6) is 0. The summed E-state index contributed by atoms with van der Waals surface area (Å²) in [4.78, 5) is 0. The van der Waals surface area contributed by atoms with E-state index in [0.29, 0.717) is 0 Å². The predicted octanol–water partition coefficient (Wildman–Crippen LogP) is 1.52. The van der Waals surface area contributed by atoms with Gasteiger partial charge in [0.2, 0.25) is 0 Å². The van der Waals surface area contributed by atoms with Crippen LogP contribution in [-0.2, 0) is 0 Å². The zero-order valence-corrected chi connectivity index (χ0v) is 6.15. The molecule has 0 amide bonds. The first-order valence-corrected chi connectivity index (χ1v) is 3.27. The fourth-order valence-electron chi connectivity index (χ4n) is 0.554. The molecule has 48 valence electrons. The van der Waals surface area contributed by atoms with E-state index in [1.807, 2.05) is 0 Å². The molecule has 0 saturated heterocycles.